The van der Waals surface area contributed by atoms with Gasteiger partial charge in [-0.15, -0.1) is 0 Å². The van der Waals surface area contributed by atoms with Crippen molar-refractivity contribution in [2.45, 2.75) is 24.7 Å². The first-order chi connectivity index (χ1) is 6.72. The lowest BCUT2D eigenvalue weighted by molar-refractivity contribution is -0.116. The van der Waals surface area contributed by atoms with E-state index < -0.39 is 0 Å². The number of halogens is 1. The highest BCUT2D eigenvalue weighted by molar-refractivity contribution is 9.10. The van der Waals surface area contributed by atoms with E-state index in [0.29, 0.717) is 0 Å². The predicted octanol–water partition coefficient (Wildman–Crippen LogP) is 1.40. The fourth-order valence-corrected chi connectivity index (χ4v) is 2.02. The van der Waals surface area contributed by atoms with Gasteiger partial charge in [-0.1, -0.05) is 15.9 Å². The lowest BCUT2D eigenvalue weighted by atomic mass is 10.4. The maximum absolute atomic E-state index is 11.6. The third-order valence-corrected chi connectivity index (χ3v) is 3.24. The molecule has 2 heterocycles. The Morgan fingerprint density at radius 3 is 3.00 bits per heavy atom. The predicted molar refractivity (Wildman–Crippen MR) is 57.6 cm³/mol. The maximum Gasteiger partial charge on any atom is 0.240 e. The summed E-state index contributed by atoms with van der Waals surface area (Å²) < 4.78 is 1.82. The molecule has 2 rings (SSSR count). The normalized spacial score (nSPS) is 22.0. The first-order valence-electron chi connectivity index (χ1n) is 4.70. The number of rotatable bonds is 2. The fraction of sp³-hybridized carbons (Fsp3) is 0.556. The van der Waals surface area contributed by atoms with E-state index in [1.54, 1.807) is 11.1 Å². The topological polar surface area (TPSA) is 38.1 Å². The van der Waals surface area contributed by atoms with Gasteiger partial charge in [0.25, 0.3) is 0 Å². The van der Waals surface area contributed by atoms with Crippen molar-refractivity contribution in [3.8, 4) is 0 Å². The molecule has 0 aliphatic carbocycles. The first-order valence-corrected chi connectivity index (χ1v) is 5.62. The molecule has 1 atom stereocenters. The summed E-state index contributed by atoms with van der Waals surface area (Å²) in [6.45, 7) is 3.64. The SMILES string of the molecule is CCn1cc(N2CCC(Br)C2=O)cn1. The second-order valence-corrected chi connectivity index (χ2v) is 4.41. The summed E-state index contributed by atoms with van der Waals surface area (Å²) in [5.41, 5.74) is 0.902. The van der Waals surface area contributed by atoms with Gasteiger partial charge in [0, 0.05) is 19.3 Å². The van der Waals surface area contributed by atoms with Gasteiger partial charge in [0.05, 0.1) is 16.7 Å². The van der Waals surface area contributed by atoms with Crippen molar-refractivity contribution >= 4 is 27.5 Å². The molecule has 0 bridgehead atoms. The van der Waals surface area contributed by atoms with Gasteiger partial charge in [0.2, 0.25) is 5.91 Å². The molecule has 0 aromatic carbocycles. The zero-order valence-corrected chi connectivity index (χ0v) is 9.57. The molecule has 76 valence electrons. The Labute approximate surface area is 91.0 Å². The molecule has 1 aromatic rings. The highest BCUT2D eigenvalue weighted by Gasteiger charge is 2.30. The molecule has 4 nitrogen and oxygen atoms in total. The number of amides is 1. The van der Waals surface area contributed by atoms with Crippen LogP contribution in [0.3, 0.4) is 0 Å². The third kappa shape index (κ3) is 1.56. The zero-order valence-electron chi connectivity index (χ0n) is 7.98. The average molecular weight is 258 g/mol. The Hall–Kier alpha value is -0.840. The highest BCUT2D eigenvalue weighted by Crippen LogP contribution is 2.24. The minimum Gasteiger partial charge on any atom is -0.308 e. The number of anilines is 1. The van der Waals surface area contributed by atoms with E-state index in [0.717, 1.165) is 25.2 Å². The summed E-state index contributed by atoms with van der Waals surface area (Å²) in [6, 6.07) is 0. The van der Waals surface area contributed by atoms with E-state index in [2.05, 4.69) is 21.0 Å². The van der Waals surface area contributed by atoms with Gasteiger partial charge in [0.15, 0.2) is 0 Å². The van der Waals surface area contributed by atoms with E-state index in [1.807, 2.05) is 17.8 Å². The molecular weight excluding hydrogens is 246 g/mol. The van der Waals surface area contributed by atoms with Crippen LogP contribution in [0.5, 0.6) is 0 Å². The number of aromatic nitrogens is 2. The number of carbonyl (C=O) groups excluding carboxylic acids is 1. The second kappa shape index (κ2) is 3.73. The van der Waals surface area contributed by atoms with Crippen molar-refractivity contribution in [1.82, 2.24) is 9.78 Å². The summed E-state index contributed by atoms with van der Waals surface area (Å²) in [4.78, 5) is 13.4. The minimum absolute atomic E-state index is 0.0209. The van der Waals surface area contributed by atoms with E-state index in [4.69, 9.17) is 0 Å². The number of alkyl halides is 1. The Kier molecular flexibility index (Phi) is 2.58. The van der Waals surface area contributed by atoms with Crippen LogP contribution >= 0.6 is 15.9 Å². The molecule has 1 aliphatic rings. The van der Waals surface area contributed by atoms with Crippen molar-refractivity contribution in [1.29, 1.82) is 0 Å². The summed E-state index contributed by atoms with van der Waals surface area (Å²) in [7, 11) is 0. The van der Waals surface area contributed by atoms with Gasteiger partial charge in [-0.2, -0.15) is 5.10 Å². The van der Waals surface area contributed by atoms with Crippen molar-refractivity contribution in [3.63, 3.8) is 0 Å². The monoisotopic (exact) mass is 257 g/mol. The minimum atomic E-state index is -0.0209. The van der Waals surface area contributed by atoms with Crippen LogP contribution in [0.25, 0.3) is 0 Å². The number of aryl methyl sites for hydroxylation is 1. The van der Waals surface area contributed by atoms with E-state index in [9.17, 15) is 4.79 Å². The van der Waals surface area contributed by atoms with Gasteiger partial charge in [-0.3, -0.25) is 9.48 Å². The Morgan fingerprint density at radius 2 is 2.50 bits per heavy atom. The van der Waals surface area contributed by atoms with Gasteiger partial charge in [0.1, 0.15) is 0 Å². The number of nitrogens with zero attached hydrogens (tertiary/aromatic N) is 3. The highest BCUT2D eigenvalue weighted by atomic mass is 79.9. The average Bonchev–Trinajstić information content (AvgIpc) is 2.75. The third-order valence-electron chi connectivity index (χ3n) is 2.40. The quantitative estimate of drug-likeness (QED) is 0.752. The smallest absolute Gasteiger partial charge is 0.240 e. The van der Waals surface area contributed by atoms with Crippen LogP contribution in [0.2, 0.25) is 0 Å². The van der Waals surface area contributed by atoms with Gasteiger partial charge < -0.3 is 4.90 Å². The molecule has 0 saturated carbocycles. The molecule has 5 heteroatoms. The molecule has 1 aromatic heterocycles. The molecular formula is C9H12BrN3O. The molecule has 14 heavy (non-hydrogen) atoms. The van der Waals surface area contributed by atoms with Gasteiger partial charge in [-0.05, 0) is 13.3 Å². The number of hydrogen-bond acceptors (Lipinski definition) is 2. The van der Waals surface area contributed by atoms with Crippen LogP contribution in [0, 0.1) is 0 Å². The lowest BCUT2D eigenvalue weighted by Crippen LogP contribution is -2.26. The van der Waals surface area contributed by atoms with E-state index in [-0.39, 0.29) is 10.7 Å². The zero-order chi connectivity index (χ0) is 10.1. The summed E-state index contributed by atoms with van der Waals surface area (Å²) >= 11 is 3.35. The van der Waals surface area contributed by atoms with Gasteiger partial charge >= 0.3 is 0 Å². The molecule has 0 radical (unpaired) electrons. The fourth-order valence-electron chi connectivity index (χ4n) is 1.57. The Morgan fingerprint density at radius 1 is 1.71 bits per heavy atom. The molecule has 1 saturated heterocycles. The van der Waals surface area contributed by atoms with Crippen molar-refractivity contribution < 1.29 is 4.79 Å². The second-order valence-electron chi connectivity index (χ2n) is 3.30. The Bertz CT molecular complexity index is 350. The lowest BCUT2D eigenvalue weighted by Gasteiger charge is -2.12. The molecule has 1 fully saturated rings. The van der Waals surface area contributed by atoms with Crippen molar-refractivity contribution in [2.24, 2.45) is 0 Å². The Balaban J connectivity index is 2.19. The largest absolute Gasteiger partial charge is 0.308 e. The summed E-state index contributed by atoms with van der Waals surface area (Å²) in [5.74, 6) is 0.139. The maximum atomic E-state index is 11.6. The molecule has 0 spiro atoms. The van der Waals surface area contributed by atoms with Crippen LogP contribution in [-0.4, -0.2) is 27.1 Å². The van der Waals surface area contributed by atoms with Crippen LogP contribution < -0.4 is 4.90 Å². The molecule has 0 N–H and O–H groups in total. The van der Waals surface area contributed by atoms with Gasteiger partial charge in [-0.25, -0.2) is 0 Å². The summed E-state index contributed by atoms with van der Waals surface area (Å²) in [6.07, 6.45) is 4.52. The van der Waals surface area contributed by atoms with Crippen LogP contribution in [0.15, 0.2) is 12.4 Å². The molecule has 1 amide bonds. The first kappa shape index (κ1) is 9.71. The van der Waals surface area contributed by atoms with E-state index in [1.165, 1.54) is 0 Å². The number of carbonyl (C=O) groups is 1. The van der Waals surface area contributed by atoms with Crippen molar-refractivity contribution in [3.05, 3.63) is 12.4 Å². The standard InChI is InChI=1S/C9H12BrN3O/c1-2-12-6-7(5-11-12)13-4-3-8(10)9(13)14/h5-6,8H,2-4H2,1H3. The van der Waals surface area contributed by atoms with Crippen LogP contribution in [-0.2, 0) is 11.3 Å². The molecule has 1 unspecified atom stereocenters. The molecule has 1 aliphatic heterocycles. The van der Waals surface area contributed by atoms with Crippen molar-refractivity contribution in [2.75, 3.05) is 11.4 Å². The van der Waals surface area contributed by atoms with Crippen LogP contribution in [0.4, 0.5) is 5.69 Å². The summed E-state index contributed by atoms with van der Waals surface area (Å²) in [5, 5.41) is 4.15. The van der Waals surface area contributed by atoms with E-state index >= 15 is 0 Å². The van der Waals surface area contributed by atoms with Crippen LogP contribution in [0.1, 0.15) is 13.3 Å². The number of hydrogen-bond donors (Lipinski definition) is 0.